The largest absolute Gasteiger partial charge is 0.494 e. The molecule has 0 aliphatic heterocycles. The van der Waals surface area contributed by atoms with E-state index < -0.39 is 0 Å². The fraction of sp³-hybridized carbons (Fsp3) is 0.286. The normalized spacial score (nSPS) is 11.4. The number of allylic oxidation sites excluding steroid dienone is 1. The molecule has 0 radical (unpaired) electrons. The lowest BCUT2D eigenvalue weighted by molar-refractivity contribution is 0.309. The van der Waals surface area contributed by atoms with E-state index >= 15 is 0 Å². The number of nitrogens with zero attached hydrogens (tertiary/aromatic N) is 2. The number of fused-ring (bicyclic) bond motifs is 1. The monoisotopic (exact) mass is 320 g/mol. The van der Waals surface area contributed by atoms with Crippen molar-refractivity contribution in [2.75, 3.05) is 6.61 Å². The van der Waals surface area contributed by atoms with Crippen molar-refractivity contribution >= 4 is 17.1 Å². The Labute approximate surface area is 143 Å². The molecule has 0 saturated carbocycles. The van der Waals surface area contributed by atoms with Crippen LogP contribution in [0, 0.1) is 0 Å². The van der Waals surface area contributed by atoms with Crippen molar-refractivity contribution in [3.63, 3.8) is 0 Å². The van der Waals surface area contributed by atoms with Crippen molar-refractivity contribution < 1.29 is 4.74 Å². The molecule has 0 amide bonds. The minimum absolute atomic E-state index is 0.709. The standard InChI is InChI=1S/C21H24N2O/c1-3-9-17-13-14-20-19(16-17)22-21(23(20)4-2)12-8-15-24-18-10-6-5-7-11-18/h3,5-7,9-11,13-14,16H,4,8,12,15H2,1-2H3/b9-3+. The second-order valence-electron chi connectivity index (χ2n) is 5.79. The molecule has 0 bridgehead atoms. The van der Waals surface area contributed by atoms with E-state index in [1.807, 2.05) is 37.3 Å². The van der Waals surface area contributed by atoms with Gasteiger partial charge in [-0.15, -0.1) is 0 Å². The maximum absolute atomic E-state index is 5.78. The SMILES string of the molecule is C/C=C/c1ccc2c(c1)nc(CCCOc1ccccc1)n2CC. The molecule has 3 aromatic rings. The third-order valence-corrected chi connectivity index (χ3v) is 4.08. The molecule has 3 heteroatoms. The Morgan fingerprint density at radius 3 is 2.71 bits per heavy atom. The van der Waals surface area contributed by atoms with Gasteiger partial charge in [-0.05, 0) is 50.1 Å². The number of hydrogen-bond donors (Lipinski definition) is 0. The molecule has 0 aliphatic rings. The zero-order chi connectivity index (χ0) is 16.8. The molecule has 0 atom stereocenters. The van der Waals surface area contributed by atoms with Gasteiger partial charge in [-0.1, -0.05) is 36.4 Å². The average molecular weight is 320 g/mol. The minimum atomic E-state index is 0.709. The summed E-state index contributed by atoms with van der Waals surface area (Å²) in [5.74, 6) is 2.07. The summed E-state index contributed by atoms with van der Waals surface area (Å²) in [5, 5.41) is 0. The molecule has 124 valence electrons. The van der Waals surface area contributed by atoms with Crippen LogP contribution in [0.4, 0.5) is 0 Å². The summed E-state index contributed by atoms with van der Waals surface area (Å²) in [7, 11) is 0. The molecule has 0 aliphatic carbocycles. The Hall–Kier alpha value is -2.55. The number of imidazole rings is 1. The molecule has 1 heterocycles. The van der Waals surface area contributed by atoms with Crippen LogP contribution in [0.15, 0.2) is 54.6 Å². The molecule has 2 aromatic carbocycles. The lowest BCUT2D eigenvalue weighted by Gasteiger charge is -2.07. The molecule has 3 rings (SSSR count). The summed E-state index contributed by atoms with van der Waals surface area (Å²) < 4.78 is 8.08. The molecule has 3 nitrogen and oxygen atoms in total. The van der Waals surface area contributed by atoms with Gasteiger partial charge in [-0.25, -0.2) is 4.98 Å². The topological polar surface area (TPSA) is 27.1 Å². The number of benzene rings is 2. The third kappa shape index (κ3) is 3.67. The molecule has 0 N–H and O–H groups in total. The third-order valence-electron chi connectivity index (χ3n) is 4.08. The molecule has 0 saturated heterocycles. The van der Waals surface area contributed by atoms with Crippen LogP contribution >= 0.6 is 0 Å². The second-order valence-corrected chi connectivity index (χ2v) is 5.79. The van der Waals surface area contributed by atoms with Gasteiger partial charge >= 0.3 is 0 Å². The maximum Gasteiger partial charge on any atom is 0.119 e. The summed E-state index contributed by atoms with van der Waals surface area (Å²) in [6.07, 6.45) is 6.05. The predicted molar refractivity (Wildman–Crippen MR) is 100 cm³/mol. The number of ether oxygens (including phenoxy) is 1. The first kappa shape index (κ1) is 16.3. The summed E-state index contributed by atoms with van der Waals surface area (Å²) in [6, 6.07) is 16.4. The Morgan fingerprint density at radius 2 is 1.96 bits per heavy atom. The van der Waals surface area contributed by atoms with Crippen LogP contribution in [0.1, 0.15) is 31.7 Å². The van der Waals surface area contributed by atoms with Gasteiger partial charge in [0.2, 0.25) is 0 Å². The van der Waals surface area contributed by atoms with Gasteiger partial charge in [0.15, 0.2) is 0 Å². The van der Waals surface area contributed by atoms with E-state index in [0.717, 1.165) is 36.5 Å². The van der Waals surface area contributed by atoms with Crippen LogP contribution in [0.2, 0.25) is 0 Å². The van der Waals surface area contributed by atoms with E-state index in [-0.39, 0.29) is 0 Å². The highest BCUT2D eigenvalue weighted by molar-refractivity contribution is 5.79. The average Bonchev–Trinajstić information content (AvgIpc) is 2.96. The number of aromatic nitrogens is 2. The van der Waals surface area contributed by atoms with Crippen LogP contribution in [-0.4, -0.2) is 16.2 Å². The summed E-state index contributed by atoms with van der Waals surface area (Å²) >= 11 is 0. The van der Waals surface area contributed by atoms with Gasteiger partial charge in [-0.2, -0.15) is 0 Å². The van der Waals surface area contributed by atoms with Gasteiger partial charge in [0.1, 0.15) is 11.6 Å². The van der Waals surface area contributed by atoms with Crippen LogP contribution in [0.5, 0.6) is 5.75 Å². The van der Waals surface area contributed by atoms with Crippen LogP contribution in [-0.2, 0) is 13.0 Å². The van der Waals surface area contributed by atoms with Gasteiger partial charge in [0.25, 0.3) is 0 Å². The van der Waals surface area contributed by atoms with Crippen LogP contribution < -0.4 is 4.74 Å². The zero-order valence-electron chi connectivity index (χ0n) is 14.4. The Bertz CT molecular complexity index is 818. The summed E-state index contributed by atoms with van der Waals surface area (Å²) in [5.41, 5.74) is 3.49. The first-order chi connectivity index (χ1) is 11.8. The van der Waals surface area contributed by atoms with Crippen molar-refractivity contribution in [2.24, 2.45) is 0 Å². The van der Waals surface area contributed by atoms with E-state index in [2.05, 4.69) is 41.8 Å². The van der Waals surface area contributed by atoms with E-state index in [1.54, 1.807) is 0 Å². The van der Waals surface area contributed by atoms with Gasteiger partial charge in [0.05, 0.1) is 17.6 Å². The molecule has 0 fully saturated rings. The number of para-hydroxylation sites is 1. The van der Waals surface area contributed by atoms with Crippen molar-refractivity contribution in [1.82, 2.24) is 9.55 Å². The Balaban J connectivity index is 1.69. The summed E-state index contributed by atoms with van der Waals surface area (Å²) in [6.45, 7) is 5.85. The molecule has 24 heavy (non-hydrogen) atoms. The molecular weight excluding hydrogens is 296 g/mol. The van der Waals surface area contributed by atoms with Gasteiger partial charge < -0.3 is 9.30 Å². The Kier molecular flexibility index (Phi) is 5.32. The lowest BCUT2D eigenvalue weighted by Crippen LogP contribution is -2.05. The van der Waals surface area contributed by atoms with Crippen molar-refractivity contribution in [1.29, 1.82) is 0 Å². The predicted octanol–water partition coefficient (Wildman–Crippen LogP) is 5.10. The molecular formula is C21H24N2O. The highest BCUT2D eigenvalue weighted by atomic mass is 16.5. The summed E-state index contributed by atoms with van der Waals surface area (Å²) in [4.78, 5) is 4.84. The number of hydrogen-bond acceptors (Lipinski definition) is 2. The van der Waals surface area contributed by atoms with Crippen LogP contribution in [0.25, 0.3) is 17.1 Å². The maximum atomic E-state index is 5.78. The van der Waals surface area contributed by atoms with E-state index in [4.69, 9.17) is 9.72 Å². The van der Waals surface area contributed by atoms with Gasteiger partial charge in [0, 0.05) is 13.0 Å². The minimum Gasteiger partial charge on any atom is -0.494 e. The van der Waals surface area contributed by atoms with E-state index in [9.17, 15) is 0 Å². The Morgan fingerprint density at radius 1 is 1.12 bits per heavy atom. The molecule has 0 unspecified atom stereocenters. The lowest BCUT2D eigenvalue weighted by atomic mass is 10.2. The van der Waals surface area contributed by atoms with E-state index in [1.165, 1.54) is 11.1 Å². The first-order valence-corrected chi connectivity index (χ1v) is 8.61. The van der Waals surface area contributed by atoms with Crippen molar-refractivity contribution in [2.45, 2.75) is 33.2 Å². The number of rotatable bonds is 7. The first-order valence-electron chi connectivity index (χ1n) is 8.61. The zero-order valence-corrected chi connectivity index (χ0v) is 14.4. The van der Waals surface area contributed by atoms with E-state index in [0.29, 0.717) is 6.61 Å². The fourth-order valence-corrected chi connectivity index (χ4v) is 2.97. The highest BCUT2D eigenvalue weighted by Crippen LogP contribution is 2.20. The molecule has 1 aromatic heterocycles. The highest BCUT2D eigenvalue weighted by Gasteiger charge is 2.09. The van der Waals surface area contributed by atoms with Crippen molar-refractivity contribution in [3.8, 4) is 5.75 Å². The second kappa shape index (κ2) is 7.82. The fourth-order valence-electron chi connectivity index (χ4n) is 2.97. The van der Waals surface area contributed by atoms with Crippen LogP contribution in [0.3, 0.4) is 0 Å². The smallest absolute Gasteiger partial charge is 0.119 e. The quantitative estimate of drug-likeness (QED) is 0.566. The molecule has 0 spiro atoms. The van der Waals surface area contributed by atoms with Crippen molar-refractivity contribution in [3.05, 3.63) is 66.0 Å². The van der Waals surface area contributed by atoms with Gasteiger partial charge in [-0.3, -0.25) is 0 Å². The number of aryl methyl sites for hydroxylation is 2.